The van der Waals surface area contributed by atoms with Gasteiger partial charge in [-0.3, -0.25) is 9.59 Å². The summed E-state index contributed by atoms with van der Waals surface area (Å²) in [6.45, 7) is 4.41. The van der Waals surface area contributed by atoms with Crippen LogP contribution in [0.25, 0.3) is 22.3 Å². The molecule has 168 valence electrons. The van der Waals surface area contributed by atoms with E-state index in [0.29, 0.717) is 34.5 Å². The van der Waals surface area contributed by atoms with E-state index in [1.165, 1.54) is 0 Å². The molecular weight excluding hydrogens is 426 g/mol. The number of hydrogen-bond acceptors (Lipinski definition) is 4. The summed E-state index contributed by atoms with van der Waals surface area (Å²) < 4.78 is 8.22. The number of aryl methyl sites for hydroxylation is 1. The number of hydrogen-bond donors (Lipinski definition) is 1. The molecule has 2 aromatic heterocycles. The monoisotopic (exact) mass is 449 g/mol. The first kappa shape index (κ1) is 21.4. The molecule has 0 saturated carbocycles. The standard InChI is InChI=1S/C28H23N3O3/c1-18-25(32)23-9-6-10-24(27(23)34-26(18)21-7-4-3-5-8-21)28(33)30-22-13-11-20(12-14-22)17-31-16-15-29-19(31)2/h3-16H,17H2,1-2H3,(H,30,33). The number of nitrogens with one attached hydrogen (secondary N) is 1. The Morgan fingerprint density at radius 2 is 1.74 bits per heavy atom. The molecule has 0 spiro atoms. The molecule has 0 radical (unpaired) electrons. The molecule has 0 atom stereocenters. The summed E-state index contributed by atoms with van der Waals surface area (Å²) in [5, 5.41) is 3.31. The van der Waals surface area contributed by atoms with E-state index in [1.807, 2.05) is 67.7 Å². The van der Waals surface area contributed by atoms with E-state index >= 15 is 0 Å². The SMILES string of the molecule is Cc1c(-c2ccccc2)oc2c(C(=O)Nc3ccc(Cn4ccnc4C)cc3)cccc2c1=O. The molecule has 1 N–H and O–H groups in total. The lowest BCUT2D eigenvalue weighted by Crippen LogP contribution is -2.15. The fraction of sp³-hybridized carbons (Fsp3) is 0.107. The van der Waals surface area contributed by atoms with E-state index in [1.54, 1.807) is 31.3 Å². The zero-order valence-electron chi connectivity index (χ0n) is 18.9. The minimum atomic E-state index is -0.338. The molecule has 0 aliphatic carbocycles. The van der Waals surface area contributed by atoms with Crippen LogP contribution in [-0.2, 0) is 6.54 Å². The summed E-state index contributed by atoms with van der Waals surface area (Å²) in [5.74, 6) is 1.08. The summed E-state index contributed by atoms with van der Waals surface area (Å²) in [4.78, 5) is 30.5. The number of nitrogens with zero attached hydrogens (tertiary/aromatic N) is 2. The topological polar surface area (TPSA) is 77.1 Å². The second-order valence-electron chi connectivity index (χ2n) is 8.19. The Bertz CT molecular complexity index is 1550. The summed E-state index contributed by atoms with van der Waals surface area (Å²) >= 11 is 0. The molecule has 0 aliphatic heterocycles. The summed E-state index contributed by atoms with van der Waals surface area (Å²) in [6.07, 6.45) is 3.71. The quantitative estimate of drug-likeness (QED) is 0.380. The second kappa shape index (κ2) is 8.83. The molecule has 0 saturated heterocycles. The van der Waals surface area contributed by atoms with Gasteiger partial charge in [-0.15, -0.1) is 0 Å². The van der Waals surface area contributed by atoms with Gasteiger partial charge in [0.15, 0.2) is 11.0 Å². The molecule has 3 aromatic carbocycles. The van der Waals surface area contributed by atoms with E-state index < -0.39 is 0 Å². The van der Waals surface area contributed by atoms with E-state index in [-0.39, 0.29) is 16.9 Å². The van der Waals surface area contributed by atoms with Crippen molar-refractivity contribution in [1.82, 2.24) is 9.55 Å². The number of aromatic nitrogens is 2. The van der Waals surface area contributed by atoms with Crippen LogP contribution in [0.2, 0.25) is 0 Å². The van der Waals surface area contributed by atoms with Crippen molar-refractivity contribution in [3.63, 3.8) is 0 Å². The van der Waals surface area contributed by atoms with Crippen LogP contribution < -0.4 is 10.7 Å². The molecule has 6 heteroatoms. The third-order valence-electron chi connectivity index (χ3n) is 5.91. The van der Waals surface area contributed by atoms with Crippen molar-refractivity contribution in [2.75, 3.05) is 5.32 Å². The van der Waals surface area contributed by atoms with Crippen molar-refractivity contribution in [3.8, 4) is 11.3 Å². The molecule has 0 fully saturated rings. The molecular formula is C28H23N3O3. The van der Waals surface area contributed by atoms with E-state index in [4.69, 9.17) is 4.42 Å². The van der Waals surface area contributed by atoms with Gasteiger partial charge in [0.05, 0.1) is 10.9 Å². The van der Waals surface area contributed by atoms with Crippen LogP contribution in [-0.4, -0.2) is 15.5 Å². The fourth-order valence-electron chi connectivity index (χ4n) is 4.01. The van der Waals surface area contributed by atoms with Crippen molar-refractivity contribution in [1.29, 1.82) is 0 Å². The minimum absolute atomic E-state index is 0.145. The lowest BCUT2D eigenvalue weighted by atomic mass is 10.0. The van der Waals surface area contributed by atoms with Gasteiger partial charge in [-0.25, -0.2) is 4.98 Å². The molecule has 5 aromatic rings. The van der Waals surface area contributed by atoms with Gasteiger partial charge in [-0.05, 0) is 43.7 Å². The molecule has 5 rings (SSSR count). The maximum Gasteiger partial charge on any atom is 0.259 e. The zero-order chi connectivity index (χ0) is 23.7. The van der Waals surface area contributed by atoms with Crippen LogP contribution >= 0.6 is 0 Å². The van der Waals surface area contributed by atoms with Crippen LogP contribution in [0.15, 0.2) is 94.4 Å². The van der Waals surface area contributed by atoms with E-state index in [0.717, 1.165) is 17.0 Å². The van der Waals surface area contributed by atoms with E-state index in [9.17, 15) is 9.59 Å². The number of benzene rings is 3. The Labute approximate surface area is 196 Å². The predicted octanol–water partition coefficient (Wildman–Crippen LogP) is 5.57. The maximum atomic E-state index is 13.2. The summed E-state index contributed by atoms with van der Waals surface area (Å²) in [6, 6.07) is 22.1. The predicted molar refractivity (Wildman–Crippen MR) is 133 cm³/mol. The third-order valence-corrected chi connectivity index (χ3v) is 5.91. The molecule has 6 nitrogen and oxygen atoms in total. The number of para-hydroxylation sites is 1. The van der Waals surface area contributed by atoms with Crippen molar-refractivity contribution >= 4 is 22.6 Å². The fourth-order valence-corrected chi connectivity index (χ4v) is 4.01. The highest BCUT2D eigenvalue weighted by Gasteiger charge is 2.18. The Hall–Kier alpha value is -4.45. The highest BCUT2D eigenvalue weighted by Crippen LogP contribution is 2.27. The summed E-state index contributed by atoms with van der Waals surface area (Å²) in [7, 11) is 0. The van der Waals surface area contributed by atoms with Crippen LogP contribution in [0.3, 0.4) is 0 Å². The van der Waals surface area contributed by atoms with Gasteiger partial charge in [-0.2, -0.15) is 0 Å². The first-order valence-corrected chi connectivity index (χ1v) is 11.0. The lowest BCUT2D eigenvalue weighted by molar-refractivity contribution is 0.102. The molecule has 0 unspecified atom stereocenters. The van der Waals surface area contributed by atoms with Crippen molar-refractivity contribution in [3.05, 3.63) is 118 Å². The first-order chi connectivity index (χ1) is 16.5. The largest absolute Gasteiger partial charge is 0.455 e. The van der Waals surface area contributed by atoms with Gasteiger partial charge in [0.2, 0.25) is 0 Å². The highest BCUT2D eigenvalue weighted by atomic mass is 16.3. The lowest BCUT2D eigenvalue weighted by Gasteiger charge is -2.11. The van der Waals surface area contributed by atoms with Crippen molar-refractivity contribution in [2.24, 2.45) is 0 Å². The Morgan fingerprint density at radius 3 is 2.44 bits per heavy atom. The van der Waals surface area contributed by atoms with Crippen LogP contribution in [0.4, 0.5) is 5.69 Å². The number of anilines is 1. The molecule has 0 bridgehead atoms. The zero-order valence-corrected chi connectivity index (χ0v) is 18.9. The number of rotatable bonds is 5. The highest BCUT2D eigenvalue weighted by molar-refractivity contribution is 6.11. The number of imidazole rings is 1. The Kier molecular flexibility index (Phi) is 5.55. The molecule has 0 aliphatic rings. The number of amides is 1. The van der Waals surface area contributed by atoms with Crippen LogP contribution in [0.5, 0.6) is 0 Å². The molecule has 1 amide bonds. The Morgan fingerprint density at radius 1 is 0.971 bits per heavy atom. The normalized spacial score (nSPS) is 11.0. The minimum Gasteiger partial charge on any atom is -0.455 e. The van der Waals surface area contributed by atoms with Crippen LogP contribution in [0.1, 0.15) is 27.3 Å². The van der Waals surface area contributed by atoms with Crippen molar-refractivity contribution in [2.45, 2.75) is 20.4 Å². The second-order valence-corrected chi connectivity index (χ2v) is 8.19. The Balaban J connectivity index is 1.46. The van der Waals surface area contributed by atoms with E-state index in [2.05, 4.69) is 14.9 Å². The average molecular weight is 450 g/mol. The van der Waals surface area contributed by atoms with Gasteiger partial charge in [0.1, 0.15) is 11.6 Å². The van der Waals surface area contributed by atoms with Gasteiger partial charge in [0.25, 0.3) is 5.91 Å². The maximum absolute atomic E-state index is 13.2. The number of carbonyl (C=O) groups excluding carboxylic acids is 1. The first-order valence-electron chi connectivity index (χ1n) is 11.0. The number of fused-ring (bicyclic) bond motifs is 1. The van der Waals surface area contributed by atoms with Gasteiger partial charge >= 0.3 is 0 Å². The molecule has 2 heterocycles. The number of carbonyl (C=O) groups is 1. The molecule has 34 heavy (non-hydrogen) atoms. The van der Waals surface area contributed by atoms with Gasteiger partial charge < -0.3 is 14.3 Å². The smallest absolute Gasteiger partial charge is 0.259 e. The van der Waals surface area contributed by atoms with Crippen molar-refractivity contribution < 1.29 is 9.21 Å². The average Bonchev–Trinajstić information content (AvgIpc) is 3.26. The van der Waals surface area contributed by atoms with Gasteiger partial charge in [0, 0.05) is 35.8 Å². The summed E-state index contributed by atoms with van der Waals surface area (Å²) in [5.41, 5.74) is 3.50. The van der Waals surface area contributed by atoms with Gasteiger partial charge in [-0.1, -0.05) is 48.5 Å². The van der Waals surface area contributed by atoms with Crippen LogP contribution in [0, 0.1) is 13.8 Å². The third kappa shape index (κ3) is 4.01.